The van der Waals surface area contributed by atoms with Gasteiger partial charge in [-0.3, -0.25) is 4.79 Å². The van der Waals surface area contributed by atoms with Gasteiger partial charge in [-0.15, -0.1) is 0 Å². The molecule has 0 atom stereocenters. The smallest absolute Gasteiger partial charge is 0.198 e. The summed E-state index contributed by atoms with van der Waals surface area (Å²) in [7, 11) is 0. The van der Waals surface area contributed by atoms with Crippen LogP contribution in [0.4, 0.5) is 0 Å². The Morgan fingerprint density at radius 2 is 2.12 bits per heavy atom. The van der Waals surface area contributed by atoms with Crippen molar-refractivity contribution in [2.45, 2.75) is 19.4 Å². The number of carbonyl (C=O) groups is 1. The lowest BCUT2D eigenvalue weighted by Crippen LogP contribution is -2.00. The number of para-hydroxylation sites is 1. The van der Waals surface area contributed by atoms with Gasteiger partial charge in [0.15, 0.2) is 5.78 Å². The molecule has 1 aliphatic heterocycles. The standard InChI is InChI=1S/C14H13NO2/c16-13-6-2-1-5-12(13)14(17)10-8-11-4-3-7-15(11)9-10/h1-2,5-6,8-9,16H,3-4,7H2. The molecule has 0 aliphatic carbocycles. The van der Waals surface area contributed by atoms with E-state index in [1.54, 1.807) is 18.2 Å². The number of rotatable bonds is 2. The van der Waals surface area contributed by atoms with E-state index in [0.717, 1.165) is 19.4 Å². The summed E-state index contributed by atoms with van der Waals surface area (Å²) in [6, 6.07) is 8.60. The number of benzene rings is 1. The Bertz CT molecular complexity index is 562. The van der Waals surface area contributed by atoms with Gasteiger partial charge in [-0.2, -0.15) is 0 Å². The number of fused-ring (bicyclic) bond motifs is 1. The van der Waals surface area contributed by atoms with Gasteiger partial charge < -0.3 is 9.67 Å². The van der Waals surface area contributed by atoms with Crippen LogP contribution in [0, 0.1) is 0 Å². The average molecular weight is 227 g/mol. The monoisotopic (exact) mass is 227 g/mol. The van der Waals surface area contributed by atoms with Crippen molar-refractivity contribution in [1.82, 2.24) is 4.57 Å². The number of phenols is 1. The zero-order valence-corrected chi connectivity index (χ0v) is 9.39. The second-order valence-corrected chi connectivity index (χ2v) is 4.36. The van der Waals surface area contributed by atoms with E-state index in [1.165, 1.54) is 11.8 Å². The van der Waals surface area contributed by atoms with Gasteiger partial charge in [0.2, 0.25) is 0 Å². The molecule has 1 aliphatic rings. The maximum atomic E-state index is 12.2. The summed E-state index contributed by atoms with van der Waals surface area (Å²) >= 11 is 0. The summed E-state index contributed by atoms with van der Waals surface area (Å²) in [4.78, 5) is 12.2. The first-order valence-electron chi connectivity index (χ1n) is 5.77. The van der Waals surface area contributed by atoms with Crippen LogP contribution in [0.25, 0.3) is 0 Å². The van der Waals surface area contributed by atoms with Gasteiger partial charge in [0.25, 0.3) is 0 Å². The summed E-state index contributed by atoms with van der Waals surface area (Å²) in [5.74, 6) is -0.0612. The molecule has 1 aromatic carbocycles. The molecule has 3 nitrogen and oxygen atoms in total. The fraction of sp³-hybridized carbons (Fsp3) is 0.214. The summed E-state index contributed by atoms with van der Waals surface area (Å²) in [6.07, 6.45) is 4.07. The highest BCUT2D eigenvalue weighted by Gasteiger charge is 2.18. The minimum atomic E-state index is -0.106. The van der Waals surface area contributed by atoms with E-state index in [2.05, 4.69) is 4.57 Å². The molecule has 0 radical (unpaired) electrons. The first-order chi connectivity index (χ1) is 8.25. The van der Waals surface area contributed by atoms with Crippen molar-refractivity contribution in [2.24, 2.45) is 0 Å². The zero-order valence-electron chi connectivity index (χ0n) is 9.39. The molecule has 0 fully saturated rings. The number of aromatic hydroxyl groups is 1. The number of aromatic nitrogens is 1. The minimum Gasteiger partial charge on any atom is -0.507 e. The lowest BCUT2D eigenvalue weighted by Gasteiger charge is -2.01. The van der Waals surface area contributed by atoms with E-state index in [9.17, 15) is 9.90 Å². The molecule has 0 saturated carbocycles. The number of hydrogen-bond acceptors (Lipinski definition) is 2. The topological polar surface area (TPSA) is 42.2 Å². The Kier molecular flexibility index (Phi) is 2.25. The third-order valence-corrected chi connectivity index (χ3v) is 3.23. The number of phenolic OH excluding ortho intramolecular Hbond substituents is 1. The molecule has 1 N–H and O–H groups in total. The van der Waals surface area contributed by atoms with E-state index in [4.69, 9.17) is 0 Å². The van der Waals surface area contributed by atoms with Crippen molar-refractivity contribution >= 4 is 5.78 Å². The van der Waals surface area contributed by atoms with Crippen LogP contribution in [0.2, 0.25) is 0 Å². The van der Waals surface area contributed by atoms with Gasteiger partial charge in [0, 0.05) is 24.0 Å². The number of ketones is 1. The van der Waals surface area contributed by atoms with Crippen LogP contribution in [0.1, 0.15) is 28.0 Å². The van der Waals surface area contributed by atoms with Crippen LogP contribution >= 0.6 is 0 Å². The third-order valence-electron chi connectivity index (χ3n) is 3.23. The fourth-order valence-electron chi connectivity index (χ4n) is 2.35. The van der Waals surface area contributed by atoms with Gasteiger partial charge in [-0.05, 0) is 31.0 Å². The Labute approximate surface area is 99.3 Å². The molecule has 1 aromatic heterocycles. The van der Waals surface area contributed by atoms with Gasteiger partial charge in [-0.1, -0.05) is 12.1 Å². The third kappa shape index (κ3) is 1.64. The maximum Gasteiger partial charge on any atom is 0.198 e. The zero-order chi connectivity index (χ0) is 11.8. The molecule has 0 spiro atoms. The summed E-state index contributed by atoms with van der Waals surface area (Å²) in [5.41, 5.74) is 2.25. The quantitative estimate of drug-likeness (QED) is 0.800. The second-order valence-electron chi connectivity index (χ2n) is 4.36. The lowest BCUT2D eigenvalue weighted by molar-refractivity contribution is 0.103. The number of aryl methyl sites for hydroxylation is 2. The summed E-state index contributed by atoms with van der Waals surface area (Å²) < 4.78 is 2.12. The van der Waals surface area contributed by atoms with Crippen LogP contribution in [0.3, 0.4) is 0 Å². The van der Waals surface area contributed by atoms with Crippen LogP contribution < -0.4 is 0 Å². The van der Waals surface area contributed by atoms with Crippen molar-refractivity contribution in [2.75, 3.05) is 0 Å². The molecule has 0 amide bonds. The van der Waals surface area contributed by atoms with Crippen LogP contribution in [-0.4, -0.2) is 15.5 Å². The molecule has 17 heavy (non-hydrogen) atoms. The predicted octanol–water partition coefficient (Wildman–Crippen LogP) is 2.37. The second kappa shape index (κ2) is 3.77. The normalized spacial score (nSPS) is 13.6. The highest BCUT2D eigenvalue weighted by atomic mass is 16.3. The van der Waals surface area contributed by atoms with Gasteiger partial charge >= 0.3 is 0 Å². The highest BCUT2D eigenvalue weighted by Crippen LogP contribution is 2.23. The van der Waals surface area contributed by atoms with Crippen molar-refractivity contribution in [3.63, 3.8) is 0 Å². The molecule has 0 unspecified atom stereocenters. The van der Waals surface area contributed by atoms with E-state index >= 15 is 0 Å². The van der Waals surface area contributed by atoms with Crippen molar-refractivity contribution in [3.05, 3.63) is 53.3 Å². The lowest BCUT2D eigenvalue weighted by atomic mass is 10.0. The molecule has 3 heteroatoms. The SMILES string of the molecule is O=C(c1cc2n(c1)CCC2)c1ccccc1O. The maximum absolute atomic E-state index is 12.2. The Morgan fingerprint density at radius 1 is 1.29 bits per heavy atom. The van der Waals surface area contributed by atoms with Crippen LogP contribution in [-0.2, 0) is 13.0 Å². The molecule has 0 bridgehead atoms. The van der Waals surface area contributed by atoms with E-state index in [1.807, 2.05) is 12.3 Å². The fourth-order valence-corrected chi connectivity index (χ4v) is 2.35. The Morgan fingerprint density at radius 3 is 2.88 bits per heavy atom. The van der Waals surface area contributed by atoms with Crippen molar-refractivity contribution in [3.8, 4) is 5.75 Å². The predicted molar refractivity (Wildman–Crippen MR) is 64.3 cm³/mol. The molecule has 2 aromatic rings. The molecular weight excluding hydrogens is 214 g/mol. The molecule has 2 heterocycles. The molecule has 0 saturated heterocycles. The van der Waals surface area contributed by atoms with E-state index in [-0.39, 0.29) is 11.5 Å². The van der Waals surface area contributed by atoms with Gasteiger partial charge in [0.05, 0.1) is 5.56 Å². The van der Waals surface area contributed by atoms with Gasteiger partial charge in [0.1, 0.15) is 5.75 Å². The van der Waals surface area contributed by atoms with E-state index in [0.29, 0.717) is 11.1 Å². The minimum absolute atomic E-state index is 0.0452. The Balaban J connectivity index is 1.99. The number of nitrogens with zero attached hydrogens (tertiary/aromatic N) is 1. The average Bonchev–Trinajstić information content (AvgIpc) is 2.88. The number of carbonyl (C=O) groups excluding carboxylic acids is 1. The van der Waals surface area contributed by atoms with Crippen LogP contribution in [0.15, 0.2) is 36.5 Å². The highest BCUT2D eigenvalue weighted by molar-refractivity contribution is 6.10. The first-order valence-corrected chi connectivity index (χ1v) is 5.77. The van der Waals surface area contributed by atoms with Crippen LogP contribution in [0.5, 0.6) is 5.75 Å². The number of hydrogen-bond donors (Lipinski definition) is 1. The van der Waals surface area contributed by atoms with Crippen molar-refractivity contribution < 1.29 is 9.90 Å². The largest absolute Gasteiger partial charge is 0.507 e. The summed E-state index contributed by atoms with van der Waals surface area (Å²) in [5, 5.41) is 9.66. The first kappa shape index (κ1) is 10.1. The molecule has 86 valence electrons. The van der Waals surface area contributed by atoms with Gasteiger partial charge in [-0.25, -0.2) is 0 Å². The molecule has 3 rings (SSSR count). The van der Waals surface area contributed by atoms with Crippen molar-refractivity contribution in [1.29, 1.82) is 0 Å². The Hall–Kier alpha value is -2.03. The molecular formula is C14H13NO2. The van der Waals surface area contributed by atoms with E-state index < -0.39 is 0 Å². The summed E-state index contributed by atoms with van der Waals surface area (Å²) in [6.45, 7) is 0.989.